The molecule has 0 bridgehead atoms. The minimum Gasteiger partial charge on any atom is -0.372 e. The standard InChI is InChI=1S/C14H19ClF3NS/c1-10(6-7-20-3)19(2)12-5-4-11(9-15)13(8-12)14(16,17)18/h4-5,8,10H,6-7,9H2,1-3H3. The zero-order valence-corrected chi connectivity index (χ0v) is 13.4. The largest absolute Gasteiger partial charge is 0.416 e. The van der Waals surface area contributed by atoms with Crippen molar-refractivity contribution in [3.05, 3.63) is 29.3 Å². The Balaban J connectivity index is 3.02. The van der Waals surface area contributed by atoms with Crippen molar-refractivity contribution in [1.29, 1.82) is 0 Å². The van der Waals surface area contributed by atoms with E-state index in [1.807, 2.05) is 25.1 Å². The molecular weight excluding hydrogens is 307 g/mol. The Morgan fingerprint density at radius 1 is 1.35 bits per heavy atom. The lowest BCUT2D eigenvalue weighted by Gasteiger charge is -2.28. The molecule has 0 aliphatic rings. The van der Waals surface area contributed by atoms with Gasteiger partial charge in [-0.2, -0.15) is 24.9 Å². The molecule has 0 saturated heterocycles. The maximum Gasteiger partial charge on any atom is 0.416 e. The Labute approximate surface area is 127 Å². The molecule has 114 valence electrons. The number of benzene rings is 1. The predicted molar refractivity (Wildman–Crippen MR) is 81.9 cm³/mol. The van der Waals surface area contributed by atoms with Gasteiger partial charge in [-0.1, -0.05) is 6.07 Å². The lowest BCUT2D eigenvalue weighted by atomic mass is 10.1. The van der Waals surface area contributed by atoms with Gasteiger partial charge in [0.25, 0.3) is 0 Å². The van der Waals surface area contributed by atoms with Crippen molar-refractivity contribution in [2.75, 3.05) is 24.0 Å². The molecular formula is C14H19ClF3NS. The van der Waals surface area contributed by atoms with Crippen molar-refractivity contribution >= 4 is 29.1 Å². The van der Waals surface area contributed by atoms with E-state index in [1.54, 1.807) is 17.8 Å². The van der Waals surface area contributed by atoms with Crippen molar-refractivity contribution in [3.63, 3.8) is 0 Å². The van der Waals surface area contributed by atoms with Crippen LogP contribution in [0.2, 0.25) is 0 Å². The topological polar surface area (TPSA) is 3.24 Å². The van der Waals surface area contributed by atoms with Crippen molar-refractivity contribution in [3.8, 4) is 0 Å². The third kappa shape index (κ3) is 4.48. The van der Waals surface area contributed by atoms with Crippen LogP contribution in [0.1, 0.15) is 24.5 Å². The van der Waals surface area contributed by atoms with Crippen molar-refractivity contribution < 1.29 is 13.2 Å². The van der Waals surface area contributed by atoms with Gasteiger partial charge in [0.2, 0.25) is 0 Å². The lowest BCUT2D eigenvalue weighted by molar-refractivity contribution is -0.138. The molecule has 0 aliphatic heterocycles. The van der Waals surface area contributed by atoms with Gasteiger partial charge in [0.15, 0.2) is 0 Å². The molecule has 0 radical (unpaired) electrons. The van der Waals surface area contributed by atoms with Gasteiger partial charge in [0.1, 0.15) is 0 Å². The molecule has 0 saturated carbocycles. The summed E-state index contributed by atoms with van der Waals surface area (Å²) < 4.78 is 39.0. The molecule has 0 N–H and O–H groups in total. The third-order valence-electron chi connectivity index (χ3n) is 3.35. The molecule has 0 heterocycles. The zero-order valence-electron chi connectivity index (χ0n) is 11.8. The quantitative estimate of drug-likeness (QED) is 0.675. The number of anilines is 1. The average Bonchev–Trinajstić information content (AvgIpc) is 2.42. The first kappa shape index (κ1) is 17.5. The zero-order chi connectivity index (χ0) is 15.3. The Morgan fingerprint density at radius 2 is 2.00 bits per heavy atom. The van der Waals surface area contributed by atoms with Crippen LogP contribution in [0, 0.1) is 0 Å². The minimum atomic E-state index is -4.37. The van der Waals surface area contributed by atoms with Crippen LogP contribution in [0.25, 0.3) is 0 Å². The number of rotatable bonds is 6. The monoisotopic (exact) mass is 325 g/mol. The number of nitrogens with zero attached hydrogens (tertiary/aromatic N) is 1. The van der Waals surface area contributed by atoms with Gasteiger partial charge in [0.05, 0.1) is 5.56 Å². The molecule has 0 aliphatic carbocycles. The highest BCUT2D eigenvalue weighted by Crippen LogP contribution is 2.35. The highest BCUT2D eigenvalue weighted by Gasteiger charge is 2.33. The summed E-state index contributed by atoms with van der Waals surface area (Å²) in [5.74, 6) is 0.846. The van der Waals surface area contributed by atoms with E-state index in [0.29, 0.717) is 5.69 Å². The van der Waals surface area contributed by atoms with E-state index >= 15 is 0 Å². The van der Waals surface area contributed by atoms with E-state index in [1.165, 1.54) is 12.1 Å². The maximum atomic E-state index is 13.0. The normalized spacial score (nSPS) is 13.3. The van der Waals surface area contributed by atoms with Crippen LogP contribution in [0.15, 0.2) is 18.2 Å². The van der Waals surface area contributed by atoms with Crippen LogP contribution in [0.5, 0.6) is 0 Å². The van der Waals surface area contributed by atoms with E-state index in [9.17, 15) is 13.2 Å². The van der Waals surface area contributed by atoms with Crippen LogP contribution < -0.4 is 4.90 Å². The fourth-order valence-corrected chi connectivity index (χ4v) is 2.71. The second-order valence-electron chi connectivity index (χ2n) is 4.71. The molecule has 1 nitrogen and oxygen atoms in total. The van der Waals surface area contributed by atoms with E-state index in [-0.39, 0.29) is 17.5 Å². The van der Waals surface area contributed by atoms with Crippen LogP contribution in [-0.2, 0) is 12.1 Å². The molecule has 1 rings (SSSR count). The molecule has 0 spiro atoms. The molecule has 1 aromatic carbocycles. The van der Waals surface area contributed by atoms with Crippen LogP contribution >= 0.6 is 23.4 Å². The first-order valence-electron chi connectivity index (χ1n) is 6.29. The fourth-order valence-electron chi connectivity index (χ4n) is 1.90. The van der Waals surface area contributed by atoms with E-state index in [2.05, 4.69) is 0 Å². The second kappa shape index (κ2) is 7.46. The van der Waals surface area contributed by atoms with Gasteiger partial charge in [-0.3, -0.25) is 0 Å². The van der Waals surface area contributed by atoms with E-state index in [4.69, 9.17) is 11.6 Å². The number of alkyl halides is 4. The van der Waals surface area contributed by atoms with Gasteiger partial charge in [-0.15, -0.1) is 11.6 Å². The van der Waals surface area contributed by atoms with Crippen molar-refractivity contribution in [2.24, 2.45) is 0 Å². The fraction of sp³-hybridized carbons (Fsp3) is 0.571. The third-order valence-corrected chi connectivity index (χ3v) is 4.28. The Kier molecular flexibility index (Phi) is 6.52. The summed E-state index contributed by atoms with van der Waals surface area (Å²) in [4.78, 5) is 1.88. The predicted octanol–water partition coefficient (Wildman–Crippen LogP) is 5.02. The average molecular weight is 326 g/mol. The minimum absolute atomic E-state index is 0.119. The second-order valence-corrected chi connectivity index (χ2v) is 5.97. The van der Waals surface area contributed by atoms with Gasteiger partial charge >= 0.3 is 6.18 Å². The van der Waals surface area contributed by atoms with Gasteiger partial charge < -0.3 is 4.90 Å². The molecule has 0 aromatic heterocycles. The molecule has 1 unspecified atom stereocenters. The Hall–Kier alpha value is -0.550. The molecule has 20 heavy (non-hydrogen) atoms. The first-order valence-corrected chi connectivity index (χ1v) is 8.22. The Morgan fingerprint density at radius 3 is 2.50 bits per heavy atom. The molecule has 0 amide bonds. The highest BCUT2D eigenvalue weighted by atomic mass is 35.5. The van der Waals surface area contributed by atoms with Crippen LogP contribution in [-0.4, -0.2) is 25.1 Å². The van der Waals surface area contributed by atoms with Crippen molar-refractivity contribution in [2.45, 2.75) is 31.4 Å². The summed E-state index contributed by atoms with van der Waals surface area (Å²) in [6, 6.07) is 4.53. The molecule has 1 atom stereocenters. The highest BCUT2D eigenvalue weighted by molar-refractivity contribution is 7.98. The maximum absolute atomic E-state index is 13.0. The van der Waals surface area contributed by atoms with Crippen LogP contribution in [0.3, 0.4) is 0 Å². The SMILES string of the molecule is CSCCC(C)N(C)c1ccc(CCl)c(C(F)(F)F)c1. The summed E-state index contributed by atoms with van der Waals surface area (Å²) in [5, 5.41) is 0. The molecule has 6 heteroatoms. The summed E-state index contributed by atoms with van der Waals surface area (Å²) >= 11 is 7.32. The van der Waals surface area contributed by atoms with E-state index < -0.39 is 11.7 Å². The number of thioether (sulfide) groups is 1. The molecule has 1 aromatic rings. The van der Waals surface area contributed by atoms with Gasteiger partial charge in [0, 0.05) is 24.7 Å². The first-order chi connectivity index (χ1) is 9.31. The van der Waals surface area contributed by atoms with Gasteiger partial charge in [-0.05, 0) is 43.0 Å². The molecule has 0 fully saturated rings. The number of hydrogen-bond acceptors (Lipinski definition) is 2. The summed E-state index contributed by atoms with van der Waals surface area (Å²) in [6.45, 7) is 2.01. The van der Waals surface area contributed by atoms with Gasteiger partial charge in [-0.25, -0.2) is 0 Å². The summed E-state index contributed by atoms with van der Waals surface area (Å²) in [6.07, 6.45) is -1.43. The smallest absolute Gasteiger partial charge is 0.372 e. The number of halogens is 4. The Bertz CT molecular complexity index is 437. The van der Waals surface area contributed by atoms with E-state index in [0.717, 1.165) is 12.2 Å². The van der Waals surface area contributed by atoms with Crippen LogP contribution in [0.4, 0.5) is 18.9 Å². The summed E-state index contributed by atoms with van der Waals surface area (Å²) in [7, 11) is 1.82. The number of hydrogen-bond donors (Lipinski definition) is 0. The summed E-state index contributed by atoms with van der Waals surface area (Å²) in [5.41, 5.74) is 0.0433. The van der Waals surface area contributed by atoms with Crippen molar-refractivity contribution in [1.82, 2.24) is 0 Å². The lowest BCUT2D eigenvalue weighted by Crippen LogP contribution is -2.29.